The number of carbonyl (C=O) groups excluding carboxylic acids is 3. The number of pyridine rings is 1. The second-order valence-corrected chi connectivity index (χ2v) is 6.91. The van der Waals surface area contributed by atoms with Crippen molar-refractivity contribution in [1.29, 1.82) is 0 Å². The summed E-state index contributed by atoms with van der Waals surface area (Å²) in [6.45, 7) is 3.65. The van der Waals surface area contributed by atoms with Gasteiger partial charge in [0, 0.05) is 24.7 Å². The highest BCUT2D eigenvalue weighted by atomic mass is 16.5. The number of nitrogens with one attached hydrogen (secondary N) is 1. The minimum Gasteiger partial charge on any atom is -0.474 e. The van der Waals surface area contributed by atoms with Crippen molar-refractivity contribution in [3.05, 3.63) is 36.5 Å². The van der Waals surface area contributed by atoms with Crippen LogP contribution in [0.5, 0.6) is 5.88 Å². The Morgan fingerprint density at radius 1 is 1.37 bits per heavy atom. The van der Waals surface area contributed by atoms with E-state index < -0.39 is 5.91 Å². The first kappa shape index (κ1) is 18.9. The molecular formula is C19H24N4O4. The molecule has 1 aromatic heterocycles. The van der Waals surface area contributed by atoms with Gasteiger partial charge in [0.05, 0.1) is 0 Å². The van der Waals surface area contributed by atoms with Gasteiger partial charge in [0.2, 0.25) is 11.8 Å². The number of aromatic nitrogens is 1. The summed E-state index contributed by atoms with van der Waals surface area (Å²) >= 11 is 0. The molecule has 1 aromatic rings. The molecule has 4 amide bonds. The van der Waals surface area contributed by atoms with Gasteiger partial charge in [-0.15, -0.1) is 6.58 Å². The van der Waals surface area contributed by atoms with Crippen LogP contribution in [0.4, 0.5) is 4.79 Å². The summed E-state index contributed by atoms with van der Waals surface area (Å²) in [4.78, 5) is 41.7. The first-order valence-corrected chi connectivity index (χ1v) is 9.14. The molecule has 0 spiro atoms. The fraction of sp³-hybridized carbons (Fsp3) is 0.474. The van der Waals surface area contributed by atoms with Gasteiger partial charge in [-0.25, -0.2) is 9.78 Å². The molecule has 1 aliphatic heterocycles. The van der Waals surface area contributed by atoms with Gasteiger partial charge in [0.15, 0.2) is 0 Å². The van der Waals surface area contributed by atoms with E-state index in [1.165, 1.54) is 4.90 Å². The third kappa shape index (κ3) is 4.27. The molecule has 2 fully saturated rings. The third-order valence-electron chi connectivity index (χ3n) is 5.01. The summed E-state index contributed by atoms with van der Waals surface area (Å²) in [5.74, 6) is -0.500. The smallest absolute Gasteiger partial charge is 0.324 e. The molecule has 144 valence electrons. The number of nitrogens with zero attached hydrogens (tertiary/aromatic N) is 2. The van der Waals surface area contributed by atoms with Crippen molar-refractivity contribution in [2.45, 2.75) is 56.7 Å². The Bertz CT molecular complexity index is 725. The normalized spacial score (nSPS) is 25.6. The zero-order chi connectivity index (χ0) is 19.4. The van der Waals surface area contributed by atoms with Crippen molar-refractivity contribution in [1.82, 2.24) is 15.2 Å². The number of primary amides is 1. The Kier molecular flexibility index (Phi) is 5.73. The summed E-state index contributed by atoms with van der Waals surface area (Å²) < 4.78 is 5.86. The largest absolute Gasteiger partial charge is 0.474 e. The van der Waals surface area contributed by atoms with Gasteiger partial charge in [-0.2, -0.15) is 0 Å². The Morgan fingerprint density at radius 3 is 2.74 bits per heavy atom. The van der Waals surface area contributed by atoms with Crippen molar-refractivity contribution >= 4 is 17.8 Å². The van der Waals surface area contributed by atoms with Crippen LogP contribution in [0, 0.1) is 0 Å². The molecule has 1 saturated heterocycles. The van der Waals surface area contributed by atoms with E-state index in [1.54, 1.807) is 24.4 Å². The lowest BCUT2D eigenvalue weighted by molar-refractivity contribution is -0.133. The number of nitrogens with two attached hydrogens (primary N) is 1. The van der Waals surface area contributed by atoms with E-state index in [-0.39, 0.29) is 41.6 Å². The van der Waals surface area contributed by atoms with Gasteiger partial charge < -0.3 is 15.8 Å². The molecule has 8 nitrogen and oxygen atoms in total. The van der Waals surface area contributed by atoms with E-state index in [2.05, 4.69) is 16.9 Å². The molecule has 27 heavy (non-hydrogen) atoms. The quantitative estimate of drug-likeness (QED) is 0.739. The maximum Gasteiger partial charge on any atom is 0.324 e. The highest BCUT2D eigenvalue weighted by molar-refractivity contribution is 5.97. The minimum absolute atomic E-state index is 0.134. The molecule has 2 heterocycles. The van der Waals surface area contributed by atoms with Crippen LogP contribution in [0.15, 0.2) is 31.0 Å². The van der Waals surface area contributed by atoms with Gasteiger partial charge in [-0.05, 0) is 44.2 Å². The topological polar surface area (TPSA) is 115 Å². The highest BCUT2D eigenvalue weighted by Crippen LogP contribution is 2.29. The van der Waals surface area contributed by atoms with Crippen LogP contribution in [0.25, 0.3) is 0 Å². The van der Waals surface area contributed by atoms with Crippen molar-refractivity contribution in [2.24, 2.45) is 5.73 Å². The third-order valence-corrected chi connectivity index (χ3v) is 5.01. The van der Waals surface area contributed by atoms with E-state index in [4.69, 9.17) is 10.5 Å². The molecule has 8 heteroatoms. The molecule has 0 radical (unpaired) electrons. The van der Waals surface area contributed by atoms with E-state index in [0.29, 0.717) is 38.5 Å². The highest BCUT2D eigenvalue weighted by Gasteiger charge is 2.38. The Hall–Kier alpha value is -2.90. The van der Waals surface area contributed by atoms with Crippen LogP contribution in [-0.4, -0.2) is 45.9 Å². The number of hydrogen-bond acceptors (Lipinski definition) is 5. The Balaban J connectivity index is 1.58. The maximum atomic E-state index is 12.4. The Labute approximate surface area is 157 Å². The summed E-state index contributed by atoms with van der Waals surface area (Å²) in [5.41, 5.74) is 5.60. The number of hydrogen-bond donors (Lipinski definition) is 2. The fourth-order valence-corrected chi connectivity index (χ4v) is 3.68. The van der Waals surface area contributed by atoms with Crippen LogP contribution in [0.1, 0.15) is 48.9 Å². The standard InChI is InChI=1S/C19H24N4O4/c1-2-4-12-11-16(24)23(19(26)22-12)13-6-8-14(9-7-13)27-18-15(17(20)25)5-3-10-21-18/h2-3,5,10,12-14H,1,4,6-9,11H2,(H2,20,25)(H,22,26)/t12-,13?,14?/m1/s1. The van der Waals surface area contributed by atoms with Gasteiger partial charge >= 0.3 is 6.03 Å². The van der Waals surface area contributed by atoms with Crippen LogP contribution in [0.3, 0.4) is 0 Å². The molecule has 3 rings (SSSR count). The lowest BCUT2D eigenvalue weighted by Gasteiger charge is -2.39. The van der Waals surface area contributed by atoms with Crippen LogP contribution < -0.4 is 15.8 Å². The van der Waals surface area contributed by atoms with E-state index in [9.17, 15) is 14.4 Å². The van der Waals surface area contributed by atoms with Crippen molar-refractivity contribution in [3.8, 4) is 5.88 Å². The van der Waals surface area contributed by atoms with Gasteiger partial charge in [0.25, 0.3) is 5.91 Å². The first-order chi connectivity index (χ1) is 13.0. The monoisotopic (exact) mass is 372 g/mol. The van der Waals surface area contributed by atoms with Crippen LogP contribution in [0.2, 0.25) is 0 Å². The summed E-state index contributed by atoms with van der Waals surface area (Å²) in [7, 11) is 0. The van der Waals surface area contributed by atoms with E-state index in [1.807, 2.05) is 0 Å². The number of rotatable bonds is 6. The van der Waals surface area contributed by atoms with Crippen molar-refractivity contribution in [2.75, 3.05) is 0 Å². The lowest BCUT2D eigenvalue weighted by Crippen LogP contribution is -2.58. The van der Waals surface area contributed by atoms with Crippen molar-refractivity contribution < 1.29 is 19.1 Å². The SMILES string of the molecule is C=CC[C@@H]1CC(=O)N(C2CCC(Oc3ncccc3C(N)=O)CC2)C(=O)N1. The number of urea groups is 1. The van der Waals surface area contributed by atoms with Crippen molar-refractivity contribution in [3.63, 3.8) is 0 Å². The summed E-state index contributed by atoms with van der Waals surface area (Å²) in [6.07, 6.45) is 6.61. The van der Waals surface area contributed by atoms with Gasteiger partial charge in [-0.1, -0.05) is 6.08 Å². The predicted molar refractivity (Wildman–Crippen MR) is 98.0 cm³/mol. The van der Waals surface area contributed by atoms with Crippen LogP contribution >= 0.6 is 0 Å². The molecule has 3 N–H and O–H groups in total. The van der Waals surface area contributed by atoms with Crippen LogP contribution in [-0.2, 0) is 4.79 Å². The average molecular weight is 372 g/mol. The second kappa shape index (κ2) is 8.20. The zero-order valence-electron chi connectivity index (χ0n) is 15.1. The van der Waals surface area contributed by atoms with E-state index >= 15 is 0 Å². The van der Waals surface area contributed by atoms with E-state index in [0.717, 1.165) is 0 Å². The van der Waals surface area contributed by atoms with Gasteiger partial charge in [-0.3, -0.25) is 14.5 Å². The predicted octanol–water partition coefficient (Wildman–Crippen LogP) is 1.76. The molecular weight excluding hydrogens is 348 g/mol. The summed E-state index contributed by atoms with van der Waals surface area (Å²) in [6, 6.07) is 2.57. The lowest BCUT2D eigenvalue weighted by atomic mass is 9.91. The molecule has 1 atom stereocenters. The zero-order valence-corrected chi connectivity index (χ0v) is 15.1. The first-order valence-electron chi connectivity index (χ1n) is 9.14. The molecule has 0 unspecified atom stereocenters. The average Bonchev–Trinajstić information content (AvgIpc) is 2.63. The summed E-state index contributed by atoms with van der Waals surface area (Å²) in [5, 5.41) is 2.87. The minimum atomic E-state index is -0.587. The molecule has 1 aliphatic carbocycles. The van der Waals surface area contributed by atoms with Gasteiger partial charge in [0.1, 0.15) is 11.7 Å². The molecule has 0 bridgehead atoms. The number of ether oxygens (including phenoxy) is 1. The number of amides is 4. The number of carbonyl (C=O) groups is 3. The molecule has 0 aromatic carbocycles. The maximum absolute atomic E-state index is 12.4. The molecule has 2 aliphatic rings. The number of imide groups is 1. The Morgan fingerprint density at radius 2 is 2.11 bits per heavy atom. The second-order valence-electron chi connectivity index (χ2n) is 6.91. The molecule has 1 saturated carbocycles. The fourth-order valence-electron chi connectivity index (χ4n) is 3.68.